The van der Waals surface area contributed by atoms with Crippen LogP contribution in [0.4, 0.5) is 0 Å². The highest BCUT2D eigenvalue weighted by Gasteiger charge is 2.21. The molecule has 0 spiro atoms. The van der Waals surface area contributed by atoms with E-state index in [4.69, 9.17) is 11.6 Å². The van der Waals surface area contributed by atoms with Crippen molar-refractivity contribution in [3.63, 3.8) is 0 Å². The van der Waals surface area contributed by atoms with E-state index in [1.165, 1.54) is 0 Å². The lowest BCUT2D eigenvalue weighted by molar-refractivity contribution is -0.133. The van der Waals surface area contributed by atoms with Gasteiger partial charge in [0.05, 0.1) is 6.10 Å². The van der Waals surface area contributed by atoms with Crippen LogP contribution in [-0.4, -0.2) is 40.9 Å². The summed E-state index contributed by atoms with van der Waals surface area (Å²) < 4.78 is 0. The van der Waals surface area contributed by atoms with E-state index in [2.05, 4.69) is 0 Å². The quantitative estimate of drug-likeness (QED) is 0.869. The van der Waals surface area contributed by atoms with Crippen molar-refractivity contribution in [2.75, 3.05) is 18.8 Å². The normalized spacial score (nSPS) is 19.5. The van der Waals surface area contributed by atoms with E-state index >= 15 is 0 Å². The number of rotatable bonds is 4. The zero-order valence-corrected chi connectivity index (χ0v) is 12.3. The van der Waals surface area contributed by atoms with Gasteiger partial charge in [-0.1, -0.05) is 11.6 Å². The Morgan fingerprint density at radius 1 is 1.42 bits per heavy atom. The number of hydrogen-bond donors (Lipinski definition) is 1. The number of aliphatic hydroxyl groups excluding tert-OH is 1. The monoisotopic (exact) mass is 299 g/mol. The number of halogens is 1. The molecule has 104 valence electrons. The Hall–Kier alpha value is -0.710. The van der Waals surface area contributed by atoms with Crippen molar-refractivity contribution in [1.29, 1.82) is 0 Å². The number of likely N-dealkylation sites (tertiary alicyclic amines) is 1. The summed E-state index contributed by atoms with van der Waals surface area (Å²) in [6.45, 7) is 1.27. The van der Waals surface area contributed by atoms with Gasteiger partial charge in [-0.25, -0.2) is 0 Å². The average Bonchev–Trinajstić information content (AvgIpc) is 2.41. The Morgan fingerprint density at radius 3 is 2.84 bits per heavy atom. The van der Waals surface area contributed by atoms with E-state index in [1.54, 1.807) is 16.7 Å². The van der Waals surface area contributed by atoms with Crippen LogP contribution in [0.15, 0.2) is 29.2 Å². The van der Waals surface area contributed by atoms with Gasteiger partial charge in [-0.15, -0.1) is 11.8 Å². The van der Waals surface area contributed by atoms with E-state index in [0.717, 1.165) is 35.1 Å². The number of β-amino-alcohol motifs (C(OH)–C–C–N with tert-alkyl or cyclic N) is 1. The van der Waals surface area contributed by atoms with Gasteiger partial charge in [0, 0.05) is 35.2 Å². The number of piperidine rings is 1. The molecule has 0 bridgehead atoms. The van der Waals surface area contributed by atoms with Crippen molar-refractivity contribution in [3.8, 4) is 0 Å². The van der Waals surface area contributed by atoms with Crippen molar-refractivity contribution in [1.82, 2.24) is 4.90 Å². The summed E-state index contributed by atoms with van der Waals surface area (Å²) in [7, 11) is 0. The number of thioether (sulfide) groups is 1. The summed E-state index contributed by atoms with van der Waals surface area (Å²) in [5.74, 6) is 0.896. The fraction of sp³-hybridized carbons (Fsp3) is 0.500. The number of aliphatic hydroxyl groups is 1. The maximum absolute atomic E-state index is 12.0. The van der Waals surface area contributed by atoms with Crippen molar-refractivity contribution >= 4 is 29.3 Å². The Labute approximate surface area is 122 Å². The Kier molecular flexibility index (Phi) is 5.55. The van der Waals surface area contributed by atoms with Crippen molar-refractivity contribution in [2.24, 2.45) is 0 Å². The van der Waals surface area contributed by atoms with Gasteiger partial charge in [0.15, 0.2) is 0 Å². The lowest BCUT2D eigenvalue weighted by atomic mass is 10.1. The second-order valence-corrected chi connectivity index (χ2v) is 6.29. The van der Waals surface area contributed by atoms with E-state index < -0.39 is 0 Å². The Bertz CT molecular complexity index is 424. The summed E-state index contributed by atoms with van der Waals surface area (Å²) >= 11 is 7.47. The molecule has 0 saturated carbocycles. The molecule has 19 heavy (non-hydrogen) atoms. The number of carbonyl (C=O) groups excluding carboxylic acids is 1. The van der Waals surface area contributed by atoms with Crippen LogP contribution in [0.2, 0.25) is 5.02 Å². The molecular weight excluding hydrogens is 282 g/mol. The van der Waals surface area contributed by atoms with Crippen LogP contribution in [0.1, 0.15) is 19.3 Å². The van der Waals surface area contributed by atoms with Gasteiger partial charge in [-0.3, -0.25) is 4.79 Å². The zero-order valence-electron chi connectivity index (χ0n) is 10.7. The zero-order chi connectivity index (χ0) is 13.7. The van der Waals surface area contributed by atoms with Gasteiger partial charge >= 0.3 is 0 Å². The number of hydrogen-bond acceptors (Lipinski definition) is 3. The van der Waals surface area contributed by atoms with Crippen LogP contribution in [0, 0.1) is 0 Å². The second kappa shape index (κ2) is 7.17. The molecule has 1 aliphatic rings. The third-order valence-corrected chi connectivity index (χ3v) is 4.41. The van der Waals surface area contributed by atoms with Crippen molar-refractivity contribution < 1.29 is 9.90 Å². The van der Waals surface area contributed by atoms with Crippen LogP contribution in [-0.2, 0) is 4.79 Å². The maximum atomic E-state index is 12.0. The number of carbonyl (C=O) groups is 1. The van der Waals surface area contributed by atoms with E-state index in [-0.39, 0.29) is 12.0 Å². The molecule has 0 aromatic heterocycles. The summed E-state index contributed by atoms with van der Waals surface area (Å²) in [6, 6.07) is 7.63. The molecule has 1 aromatic rings. The first kappa shape index (κ1) is 14.7. The van der Waals surface area contributed by atoms with Crippen molar-refractivity contribution in [2.45, 2.75) is 30.3 Å². The average molecular weight is 300 g/mol. The first-order chi connectivity index (χ1) is 9.15. The lowest BCUT2D eigenvalue weighted by Crippen LogP contribution is -2.42. The molecule has 1 saturated heterocycles. The third-order valence-electron chi connectivity index (χ3n) is 3.15. The van der Waals surface area contributed by atoms with Gasteiger partial charge in [0.1, 0.15) is 0 Å². The molecule has 1 aliphatic heterocycles. The highest BCUT2D eigenvalue weighted by Crippen LogP contribution is 2.21. The molecule has 2 rings (SSSR count). The molecule has 1 fully saturated rings. The predicted octanol–water partition coefficient (Wildman–Crippen LogP) is 2.81. The summed E-state index contributed by atoms with van der Waals surface area (Å²) in [6.07, 6.45) is 1.88. The van der Waals surface area contributed by atoms with Gasteiger partial charge in [0.25, 0.3) is 0 Å². The fourth-order valence-electron chi connectivity index (χ4n) is 2.13. The van der Waals surface area contributed by atoms with Gasteiger partial charge in [-0.2, -0.15) is 0 Å². The SMILES string of the molecule is O=C(CCSc1ccc(Cl)cc1)N1CCC[C@H](O)C1. The standard InChI is InChI=1S/C14H18ClNO2S/c15-11-3-5-13(6-4-11)19-9-7-14(18)16-8-1-2-12(17)10-16/h3-6,12,17H,1-2,7-10H2/t12-/m0/s1. The smallest absolute Gasteiger partial charge is 0.223 e. The minimum Gasteiger partial charge on any atom is -0.391 e. The molecule has 1 amide bonds. The van der Waals surface area contributed by atoms with Crippen LogP contribution in [0.5, 0.6) is 0 Å². The van der Waals surface area contributed by atoms with Crippen LogP contribution in [0.3, 0.4) is 0 Å². The number of nitrogens with zero attached hydrogens (tertiary/aromatic N) is 1. The van der Waals surface area contributed by atoms with E-state index in [9.17, 15) is 9.90 Å². The molecule has 1 N–H and O–H groups in total. The summed E-state index contributed by atoms with van der Waals surface area (Å²) in [5.41, 5.74) is 0. The minimum absolute atomic E-state index is 0.139. The molecule has 0 radical (unpaired) electrons. The molecule has 3 nitrogen and oxygen atoms in total. The first-order valence-electron chi connectivity index (χ1n) is 6.49. The van der Waals surface area contributed by atoms with Gasteiger partial charge < -0.3 is 10.0 Å². The number of benzene rings is 1. The summed E-state index contributed by atoms with van der Waals surface area (Å²) in [4.78, 5) is 14.9. The van der Waals surface area contributed by atoms with Gasteiger partial charge in [-0.05, 0) is 37.1 Å². The predicted molar refractivity (Wildman–Crippen MR) is 78.6 cm³/mol. The fourth-order valence-corrected chi connectivity index (χ4v) is 3.09. The molecule has 1 atom stereocenters. The molecule has 1 aromatic carbocycles. The molecule has 5 heteroatoms. The molecular formula is C14H18ClNO2S. The molecule has 1 heterocycles. The van der Waals surface area contributed by atoms with E-state index in [0.29, 0.717) is 13.0 Å². The Morgan fingerprint density at radius 2 is 2.16 bits per heavy atom. The van der Waals surface area contributed by atoms with Crippen LogP contribution < -0.4 is 0 Å². The van der Waals surface area contributed by atoms with Gasteiger partial charge in [0.2, 0.25) is 5.91 Å². The highest BCUT2D eigenvalue weighted by atomic mass is 35.5. The Balaban J connectivity index is 1.73. The highest BCUT2D eigenvalue weighted by molar-refractivity contribution is 7.99. The van der Waals surface area contributed by atoms with Crippen LogP contribution >= 0.6 is 23.4 Å². The topological polar surface area (TPSA) is 40.5 Å². The molecule has 0 unspecified atom stereocenters. The van der Waals surface area contributed by atoms with Crippen LogP contribution in [0.25, 0.3) is 0 Å². The maximum Gasteiger partial charge on any atom is 0.223 e. The summed E-state index contributed by atoms with van der Waals surface area (Å²) in [5, 5.41) is 10.3. The number of amides is 1. The molecule has 0 aliphatic carbocycles. The lowest BCUT2D eigenvalue weighted by Gasteiger charge is -2.30. The largest absolute Gasteiger partial charge is 0.391 e. The first-order valence-corrected chi connectivity index (χ1v) is 7.86. The minimum atomic E-state index is -0.346. The third kappa shape index (κ3) is 4.71. The van der Waals surface area contributed by atoms with E-state index in [1.807, 2.05) is 24.3 Å². The van der Waals surface area contributed by atoms with Crippen molar-refractivity contribution in [3.05, 3.63) is 29.3 Å². The second-order valence-electron chi connectivity index (χ2n) is 4.69.